The molecule has 2 rings (SSSR count). The third kappa shape index (κ3) is 3.87. The lowest BCUT2D eigenvalue weighted by Gasteiger charge is -2.11. The Morgan fingerprint density at radius 1 is 1.38 bits per heavy atom. The van der Waals surface area contributed by atoms with Crippen molar-refractivity contribution < 1.29 is 13.2 Å². The van der Waals surface area contributed by atoms with Crippen LogP contribution in [0.1, 0.15) is 16.8 Å². The topological polar surface area (TPSA) is 29.9 Å². The first-order valence-corrected chi connectivity index (χ1v) is 6.45. The van der Waals surface area contributed by atoms with Crippen LogP contribution in [0.4, 0.5) is 19.1 Å². The minimum Gasteiger partial charge on any atom is -0.352 e. The molecule has 1 aromatic carbocycles. The van der Waals surface area contributed by atoms with Gasteiger partial charge in [0, 0.05) is 12.7 Å². The van der Waals surface area contributed by atoms with Gasteiger partial charge in [-0.3, -0.25) is 0 Å². The number of hydrogen-bond acceptors (Lipinski definition) is 2. The number of hydrogen-bond donors (Lipinski definition) is 1. The van der Waals surface area contributed by atoms with E-state index in [0.717, 1.165) is 17.8 Å². The molecule has 0 spiro atoms. The number of rotatable bonds is 5. The first kappa shape index (κ1) is 15.2. The van der Waals surface area contributed by atoms with E-state index in [4.69, 9.17) is 0 Å². The molecule has 0 aliphatic carbocycles. The van der Waals surface area contributed by atoms with Crippen molar-refractivity contribution in [2.24, 2.45) is 0 Å². The van der Waals surface area contributed by atoms with E-state index in [1.54, 1.807) is 22.9 Å². The monoisotopic (exact) mass is 295 g/mol. The van der Waals surface area contributed by atoms with Gasteiger partial charge >= 0.3 is 6.18 Å². The van der Waals surface area contributed by atoms with Crippen molar-refractivity contribution in [3.63, 3.8) is 0 Å². The maximum atomic E-state index is 12.7. The van der Waals surface area contributed by atoms with E-state index < -0.39 is 11.7 Å². The highest BCUT2D eigenvalue weighted by atomic mass is 19.4. The summed E-state index contributed by atoms with van der Waals surface area (Å²) in [5, 5.41) is 3.06. The summed E-state index contributed by atoms with van der Waals surface area (Å²) in [6, 6.07) is 5.31. The maximum absolute atomic E-state index is 12.7. The summed E-state index contributed by atoms with van der Waals surface area (Å²) in [5.74, 6) is 0.616. The van der Waals surface area contributed by atoms with E-state index in [1.807, 2.05) is 6.92 Å². The highest BCUT2D eigenvalue weighted by Gasteiger charge is 2.30. The van der Waals surface area contributed by atoms with Crippen molar-refractivity contribution in [2.45, 2.75) is 19.6 Å². The maximum Gasteiger partial charge on any atom is 0.416 e. The Labute approximate surface area is 121 Å². The van der Waals surface area contributed by atoms with E-state index in [1.165, 1.54) is 6.07 Å². The molecule has 0 bridgehead atoms. The zero-order chi connectivity index (χ0) is 15.5. The molecule has 1 aromatic heterocycles. The van der Waals surface area contributed by atoms with Gasteiger partial charge in [0.15, 0.2) is 0 Å². The van der Waals surface area contributed by atoms with Gasteiger partial charge in [-0.2, -0.15) is 13.2 Å². The molecule has 0 radical (unpaired) electrons. The van der Waals surface area contributed by atoms with Crippen LogP contribution in [0.15, 0.2) is 43.1 Å². The van der Waals surface area contributed by atoms with E-state index in [-0.39, 0.29) is 0 Å². The summed E-state index contributed by atoms with van der Waals surface area (Å²) in [5.41, 5.74) is 0.731. The largest absolute Gasteiger partial charge is 0.416 e. The SMILES string of the molecule is C=CCNc1nc(C)cn1Cc1cccc(C(F)(F)F)c1. The van der Waals surface area contributed by atoms with Gasteiger partial charge in [0.25, 0.3) is 0 Å². The predicted molar refractivity (Wildman–Crippen MR) is 76.2 cm³/mol. The molecule has 0 aliphatic rings. The molecule has 1 heterocycles. The summed E-state index contributed by atoms with van der Waals surface area (Å²) in [6.45, 7) is 6.31. The molecule has 2 aromatic rings. The second kappa shape index (κ2) is 6.03. The average Bonchev–Trinajstić information content (AvgIpc) is 2.76. The van der Waals surface area contributed by atoms with Gasteiger partial charge in [0.05, 0.1) is 17.8 Å². The van der Waals surface area contributed by atoms with Crippen LogP contribution in [-0.4, -0.2) is 16.1 Å². The summed E-state index contributed by atoms with van der Waals surface area (Å²) in [6.07, 6.45) is -0.838. The molecule has 0 unspecified atom stereocenters. The van der Waals surface area contributed by atoms with Gasteiger partial charge in [-0.15, -0.1) is 6.58 Å². The second-order valence-electron chi connectivity index (χ2n) is 4.70. The third-order valence-electron chi connectivity index (χ3n) is 2.91. The van der Waals surface area contributed by atoms with Crippen LogP contribution in [0.3, 0.4) is 0 Å². The van der Waals surface area contributed by atoms with E-state index in [0.29, 0.717) is 24.6 Å². The minimum atomic E-state index is -4.33. The third-order valence-corrected chi connectivity index (χ3v) is 2.91. The Morgan fingerprint density at radius 3 is 2.81 bits per heavy atom. The fourth-order valence-corrected chi connectivity index (χ4v) is 2.01. The molecule has 0 saturated carbocycles. The fourth-order valence-electron chi connectivity index (χ4n) is 2.01. The van der Waals surface area contributed by atoms with Gasteiger partial charge < -0.3 is 9.88 Å². The molecule has 21 heavy (non-hydrogen) atoms. The van der Waals surface area contributed by atoms with Crippen molar-refractivity contribution in [1.82, 2.24) is 9.55 Å². The van der Waals surface area contributed by atoms with Crippen LogP contribution in [0.5, 0.6) is 0 Å². The van der Waals surface area contributed by atoms with Crippen LogP contribution in [0, 0.1) is 6.92 Å². The van der Waals surface area contributed by atoms with E-state index >= 15 is 0 Å². The van der Waals surface area contributed by atoms with Crippen molar-refractivity contribution in [3.8, 4) is 0 Å². The zero-order valence-corrected chi connectivity index (χ0v) is 11.6. The number of benzene rings is 1. The molecule has 0 aliphatic heterocycles. The Bertz CT molecular complexity index is 629. The van der Waals surface area contributed by atoms with Crippen LogP contribution in [0.2, 0.25) is 0 Å². The standard InChI is InChI=1S/C15H16F3N3/c1-3-7-19-14-20-11(2)9-21(14)10-12-5-4-6-13(8-12)15(16,17)18/h3-6,8-9H,1,7,10H2,2H3,(H,19,20). The molecule has 0 fully saturated rings. The Balaban J connectivity index is 2.24. The lowest BCUT2D eigenvalue weighted by molar-refractivity contribution is -0.137. The Kier molecular flexibility index (Phi) is 4.35. The quantitative estimate of drug-likeness (QED) is 0.849. The molecule has 3 nitrogen and oxygen atoms in total. The van der Waals surface area contributed by atoms with Crippen LogP contribution < -0.4 is 5.32 Å². The van der Waals surface area contributed by atoms with Crippen molar-refractivity contribution in [1.29, 1.82) is 0 Å². The van der Waals surface area contributed by atoms with Gasteiger partial charge in [0.1, 0.15) is 0 Å². The smallest absolute Gasteiger partial charge is 0.352 e. The summed E-state index contributed by atoms with van der Waals surface area (Å²) >= 11 is 0. The average molecular weight is 295 g/mol. The molecule has 112 valence electrons. The molecular formula is C15H16F3N3. The minimum absolute atomic E-state index is 0.324. The van der Waals surface area contributed by atoms with Crippen molar-refractivity contribution >= 4 is 5.95 Å². The van der Waals surface area contributed by atoms with Crippen molar-refractivity contribution in [3.05, 3.63) is 59.9 Å². The van der Waals surface area contributed by atoms with Gasteiger partial charge in [0.2, 0.25) is 5.95 Å². The number of halogens is 3. The number of anilines is 1. The second-order valence-corrected chi connectivity index (χ2v) is 4.70. The van der Waals surface area contributed by atoms with Crippen LogP contribution >= 0.6 is 0 Å². The zero-order valence-electron chi connectivity index (χ0n) is 11.6. The lowest BCUT2D eigenvalue weighted by Crippen LogP contribution is -2.09. The molecule has 6 heteroatoms. The highest BCUT2D eigenvalue weighted by Crippen LogP contribution is 2.29. The predicted octanol–water partition coefficient (Wildman–Crippen LogP) is 3.86. The number of aromatic nitrogens is 2. The Hall–Kier alpha value is -2.24. The molecule has 0 atom stereocenters. The Morgan fingerprint density at radius 2 is 2.14 bits per heavy atom. The van der Waals surface area contributed by atoms with Crippen molar-refractivity contribution in [2.75, 3.05) is 11.9 Å². The van der Waals surface area contributed by atoms with E-state index in [9.17, 15) is 13.2 Å². The number of nitrogens with zero attached hydrogens (tertiary/aromatic N) is 2. The number of alkyl halides is 3. The van der Waals surface area contributed by atoms with Gasteiger partial charge in [-0.25, -0.2) is 4.98 Å². The van der Waals surface area contributed by atoms with Crippen LogP contribution in [0.25, 0.3) is 0 Å². The normalized spacial score (nSPS) is 11.4. The summed E-state index contributed by atoms with van der Waals surface area (Å²) in [4.78, 5) is 4.30. The highest BCUT2D eigenvalue weighted by molar-refractivity contribution is 5.32. The van der Waals surface area contributed by atoms with Gasteiger partial charge in [-0.05, 0) is 24.6 Å². The van der Waals surface area contributed by atoms with Gasteiger partial charge in [-0.1, -0.05) is 18.2 Å². The molecule has 1 N–H and O–H groups in total. The lowest BCUT2D eigenvalue weighted by atomic mass is 10.1. The molecule has 0 amide bonds. The molecule has 0 saturated heterocycles. The first-order chi connectivity index (χ1) is 9.90. The molecular weight excluding hydrogens is 279 g/mol. The fraction of sp³-hybridized carbons (Fsp3) is 0.267. The van der Waals surface area contributed by atoms with Crippen LogP contribution in [-0.2, 0) is 12.7 Å². The summed E-state index contributed by atoms with van der Waals surface area (Å²) in [7, 11) is 0. The van der Waals surface area contributed by atoms with E-state index in [2.05, 4.69) is 16.9 Å². The number of imidazole rings is 1. The number of aryl methyl sites for hydroxylation is 1. The summed E-state index contributed by atoms with van der Waals surface area (Å²) < 4.78 is 39.9. The first-order valence-electron chi connectivity index (χ1n) is 6.45. The number of nitrogens with one attached hydrogen (secondary N) is 1.